The molecule has 0 bridgehead atoms. The van der Waals surface area contributed by atoms with Crippen LogP contribution < -0.4 is 5.32 Å². The number of carboxylic acid groups (broad SMARTS) is 1. The van der Waals surface area contributed by atoms with Crippen molar-refractivity contribution in [1.29, 1.82) is 0 Å². The van der Waals surface area contributed by atoms with Crippen molar-refractivity contribution in [3.8, 4) is 0 Å². The topological polar surface area (TPSA) is 113 Å². The van der Waals surface area contributed by atoms with Crippen LogP contribution in [0.4, 0.5) is 0 Å². The number of carboxylic acids is 1. The van der Waals surface area contributed by atoms with E-state index in [9.17, 15) is 24.3 Å². The molecule has 2 aliphatic rings. The third-order valence-electron chi connectivity index (χ3n) is 5.19. The van der Waals surface area contributed by atoms with E-state index in [0.29, 0.717) is 11.3 Å². The van der Waals surface area contributed by atoms with Gasteiger partial charge >= 0.3 is 11.9 Å². The number of nitrogens with one attached hydrogen (secondary N) is 1. The fourth-order valence-corrected chi connectivity index (χ4v) is 5.07. The van der Waals surface area contributed by atoms with E-state index < -0.39 is 29.3 Å². The highest BCUT2D eigenvalue weighted by atomic mass is 32.2. The number of rotatable bonds is 6. The second-order valence-electron chi connectivity index (χ2n) is 7.35. The van der Waals surface area contributed by atoms with E-state index in [1.807, 2.05) is 42.5 Å². The van der Waals surface area contributed by atoms with Crippen LogP contribution in [0.25, 0.3) is 10.8 Å². The molecule has 0 saturated carbocycles. The van der Waals surface area contributed by atoms with Crippen molar-refractivity contribution in [1.82, 2.24) is 10.2 Å². The lowest BCUT2D eigenvalue weighted by Gasteiger charge is -2.49. The predicted molar refractivity (Wildman–Crippen MR) is 114 cm³/mol. The molecule has 2 aliphatic heterocycles. The van der Waals surface area contributed by atoms with Crippen molar-refractivity contribution in [3.05, 3.63) is 59.3 Å². The Morgan fingerprint density at radius 3 is 2.65 bits per heavy atom. The third-order valence-corrected chi connectivity index (χ3v) is 6.53. The minimum atomic E-state index is -1.26. The number of fused-ring (bicyclic) bond motifs is 2. The van der Waals surface area contributed by atoms with Gasteiger partial charge in [0.15, 0.2) is 0 Å². The van der Waals surface area contributed by atoms with Gasteiger partial charge in [-0.2, -0.15) is 0 Å². The van der Waals surface area contributed by atoms with Crippen LogP contribution in [0.2, 0.25) is 0 Å². The fraction of sp³-hybridized carbons (Fsp3) is 0.273. The molecule has 0 spiro atoms. The molecule has 1 saturated heterocycles. The first kappa shape index (κ1) is 20.9. The van der Waals surface area contributed by atoms with Crippen molar-refractivity contribution in [2.24, 2.45) is 0 Å². The van der Waals surface area contributed by atoms with E-state index >= 15 is 0 Å². The second-order valence-corrected chi connectivity index (χ2v) is 8.46. The Hall–Kier alpha value is -3.33. The monoisotopic (exact) mass is 440 g/mol. The summed E-state index contributed by atoms with van der Waals surface area (Å²) in [7, 11) is 0. The van der Waals surface area contributed by atoms with Gasteiger partial charge in [-0.05, 0) is 16.3 Å². The molecular formula is C22H20N2O6S. The standard InChI is InChI=1S/C22H20N2O6S/c1-12(25)30-10-16-11-31-21-18(20(27)24(21)19(16)22(28)29)23-17(26)9-13-6-7-14-4-2-3-5-15(14)8-13/h2-8,18,21H,9-11H2,1H3,(H,23,26)(H,28,29). The zero-order valence-electron chi connectivity index (χ0n) is 16.7. The number of hydrogen-bond donors (Lipinski definition) is 2. The Kier molecular flexibility index (Phi) is 5.69. The maximum absolute atomic E-state index is 12.6. The van der Waals surface area contributed by atoms with E-state index in [4.69, 9.17) is 4.74 Å². The molecule has 2 amide bonds. The smallest absolute Gasteiger partial charge is 0.352 e. The number of carbonyl (C=O) groups excluding carboxylic acids is 3. The number of benzene rings is 2. The van der Waals surface area contributed by atoms with Gasteiger partial charge in [0.1, 0.15) is 23.7 Å². The summed E-state index contributed by atoms with van der Waals surface area (Å²) in [5.41, 5.74) is 1.01. The van der Waals surface area contributed by atoms with Gasteiger partial charge in [0.05, 0.1) is 6.42 Å². The maximum atomic E-state index is 12.6. The van der Waals surface area contributed by atoms with Gasteiger partial charge in [-0.3, -0.25) is 19.3 Å². The van der Waals surface area contributed by atoms with Crippen LogP contribution in [0, 0.1) is 0 Å². The van der Waals surface area contributed by atoms with Gasteiger partial charge in [-0.1, -0.05) is 42.5 Å². The predicted octanol–water partition coefficient (Wildman–Crippen LogP) is 1.68. The molecule has 2 unspecified atom stereocenters. The average molecular weight is 440 g/mol. The zero-order chi connectivity index (χ0) is 22.1. The second kappa shape index (κ2) is 8.43. The van der Waals surface area contributed by atoms with Crippen LogP contribution in [-0.4, -0.2) is 57.5 Å². The first-order valence-electron chi connectivity index (χ1n) is 9.65. The van der Waals surface area contributed by atoms with E-state index in [-0.39, 0.29) is 24.6 Å². The molecule has 1 fully saturated rings. The summed E-state index contributed by atoms with van der Waals surface area (Å²) < 4.78 is 4.91. The molecule has 8 nitrogen and oxygen atoms in total. The summed E-state index contributed by atoms with van der Waals surface area (Å²) in [6.07, 6.45) is 0.116. The summed E-state index contributed by atoms with van der Waals surface area (Å²) in [4.78, 5) is 49.2. The van der Waals surface area contributed by atoms with Crippen molar-refractivity contribution in [2.75, 3.05) is 12.4 Å². The number of β-lactam (4-membered cyclic amide) rings is 1. The lowest BCUT2D eigenvalue weighted by atomic mass is 10.0. The molecule has 2 N–H and O–H groups in total. The van der Waals surface area contributed by atoms with E-state index in [1.54, 1.807) is 0 Å². The number of nitrogens with zero attached hydrogens (tertiary/aromatic N) is 1. The molecule has 9 heteroatoms. The summed E-state index contributed by atoms with van der Waals surface area (Å²) in [5.74, 6) is -2.29. The van der Waals surface area contributed by atoms with Crippen molar-refractivity contribution >= 4 is 46.3 Å². The van der Waals surface area contributed by atoms with Crippen LogP contribution in [0.15, 0.2) is 53.7 Å². The Labute approximate surface area is 182 Å². The lowest BCUT2D eigenvalue weighted by molar-refractivity contribution is -0.151. The Balaban J connectivity index is 1.44. The third kappa shape index (κ3) is 4.13. The van der Waals surface area contributed by atoms with Crippen LogP contribution in [0.1, 0.15) is 12.5 Å². The van der Waals surface area contributed by atoms with Crippen LogP contribution in [-0.2, 0) is 30.3 Å². The molecule has 0 radical (unpaired) electrons. The minimum Gasteiger partial charge on any atom is -0.477 e. The molecule has 4 rings (SSSR count). The number of thioether (sulfide) groups is 1. The van der Waals surface area contributed by atoms with Gasteiger partial charge in [-0.25, -0.2) is 4.79 Å². The molecule has 0 aliphatic carbocycles. The highest BCUT2D eigenvalue weighted by Crippen LogP contribution is 2.40. The molecule has 2 aromatic rings. The molecule has 2 aromatic carbocycles. The number of carbonyl (C=O) groups is 4. The van der Waals surface area contributed by atoms with Crippen LogP contribution in [0.3, 0.4) is 0 Å². The van der Waals surface area contributed by atoms with E-state index in [0.717, 1.165) is 21.2 Å². The van der Waals surface area contributed by atoms with Gasteiger partial charge in [0.25, 0.3) is 5.91 Å². The lowest BCUT2D eigenvalue weighted by Crippen LogP contribution is -2.70. The average Bonchev–Trinajstić information content (AvgIpc) is 2.75. The largest absolute Gasteiger partial charge is 0.477 e. The first-order chi connectivity index (χ1) is 14.8. The van der Waals surface area contributed by atoms with Gasteiger partial charge in [-0.15, -0.1) is 11.8 Å². The summed E-state index contributed by atoms with van der Waals surface area (Å²) in [6.45, 7) is 1.05. The van der Waals surface area contributed by atoms with Crippen molar-refractivity contribution < 1.29 is 29.0 Å². The minimum absolute atomic E-state index is 0.116. The SMILES string of the molecule is CC(=O)OCC1=C(C(=O)O)N2C(=O)C(NC(=O)Cc3ccc4ccccc4c3)C2SC1. The highest BCUT2D eigenvalue weighted by Gasteiger charge is 2.54. The molecule has 31 heavy (non-hydrogen) atoms. The maximum Gasteiger partial charge on any atom is 0.352 e. The summed E-state index contributed by atoms with van der Waals surface area (Å²) in [5, 5.41) is 13.9. The fourth-order valence-electron chi connectivity index (χ4n) is 3.74. The Bertz CT molecular complexity index is 1130. The van der Waals surface area contributed by atoms with E-state index in [1.165, 1.54) is 18.7 Å². The summed E-state index contributed by atoms with van der Waals surface area (Å²) in [6, 6.07) is 12.8. The number of aliphatic carboxylic acids is 1. The normalized spacial score (nSPS) is 20.2. The first-order valence-corrected chi connectivity index (χ1v) is 10.7. The number of hydrogen-bond acceptors (Lipinski definition) is 6. The van der Waals surface area contributed by atoms with Gasteiger partial charge < -0.3 is 15.2 Å². The quantitative estimate of drug-likeness (QED) is 0.519. The molecule has 2 atom stereocenters. The van der Waals surface area contributed by atoms with Crippen molar-refractivity contribution in [3.63, 3.8) is 0 Å². The zero-order valence-corrected chi connectivity index (χ0v) is 17.5. The highest BCUT2D eigenvalue weighted by molar-refractivity contribution is 8.00. The number of esters is 1. The molecule has 160 valence electrons. The Morgan fingerprint density at radius 1 is 1.19 bits per heavy atom. The van der Waals surface area contributed by atoms with Crippen LogP contribution >= 0.6 is 11.8 Å². The molecular weight excluding hydrogens is 420 g/mol. The van der Waals surface area contributed by atoms with Crippen molar-refractivity contribution in [2.45, 2.75) is 24.8 Å². The molecule has 0 aromatic heterocycles. The van der Waals surface area contributed by atoms with Crippen LogP contribution in [0.5, 0.6) is 0 Å². The molecule has 2 heterocycles. The Morgan fingerprint density at radius 2 is 1.94 bits per heavy atom. The summed E-state index contributed by atoms with van der Waals surface area (Å²) >= 11 is 1.33. The number of ether oxygens (including phenoxy) is 1. The number of amides is 2. The van der Waals surface area contributed by atoms with Gasteiger partial charge in [0, 0.05) is 18.2 Å². The van der Waals surface area contributed by atoms with Gasteiger partial charge in [0.2, 0.25) is 5.91 Å². The van der Waals surface area contributed by atoms with E-state index in [2.05, 4.69) is 5.32 Å².